The minimum absolute atomic E-state index is 0.0615. The van der Waals surface area contributed by atoms with Crippen LogP contribution in [0.4, 0.5) is 4.39 Å². The normalized spacial score (nSPS) is 23.2. The number of carbonyl (C=O) groups excluding carboxylic acids is 1. The van der Waals surface area contributed by atoms with Gasteiger partial charge in [0.15, 0.2) is 0 Å². The first-order valence-electron chi connectivity index (χ1n) is 12.4. The van der Waals surface area contributed by atoms with Gasteiger partial charge in [0.25, 0.3) is 0 Å². The molecule has 1 aromatic heterocycles. The van der Waals surface area contributed by atoms with E-state index < -0.39 is 27.5 Å². The van der Waals surface area contributed by atoms with E-state index in [1.807, 2.05) is 24.3 Å². The highest BCUT2D eigenvalue weighted by atomic mass is 32.2. The molecular formula is C27H28FN3O4S. The van der Waals surface area contributed by atoms with Crippen LogP contribution >= 0.6 is 0 Å². The van der Waals surface area contributed by atoms with Crippen LogP contribution in [0.15, 0.2) is 59.6 Å². The minimum atomic E-state index is -3.87. The number of benzene rings is 2. The fraction of sp³-hybridized carbons (Fsp3) is 0.407. The SMILES string of the molecule is O=CC1CN(C2CC2)CC2(CCN(S(=O)(=O)c3ccc(-c4ccc5cccnc5c4)c(F)c3)CC2)O1. The maximum absolute atomic E-state index is 15.2. The zero-order chi connectivity index (χ0) is 24.9. The van der Waals surface area contributed by atoms with E-state index >= 15 is 4.39 Å². The lowest BCUT2D eigenvalue weighted by molar-refractivity contribution is -0.174. The van der Waals surface area contributed by atoms with Gasteiger partial charge in [-0.25, -0.2) is 12.8 Å². The molecule has 7 nitrogen and oxygen atoms in total. The standard InChI is InChI=1S/C27H28FN3O4S/c28-25-15-23(7-8-24(25)20-4-3-19-2-1-11-29-26(19)14-20)36(33,34)31-12-9-27(10-13-31)18-30(21-5-6-21)16-22(17-32)35-27/h1-4,7-8,11,14-15,17,21-22H,5-6,9-10,12-13,16,18H2. The van der Waals surface area contributed by atoms with Crippen LogP contribution < -0.4 is 0 Å². The van der Waals surface area contributed by atoms with Crippen LogP contribution in [0.3, 0.4) is 0 Å². The number of carbonyl (C=O) groups is 1. The van der Waals surface area contributed by atoms with E-state index in [0.717, 1.165) is 42.6 Å². The molecule has 3 aliphatic rings. The number of aldehydes is 1. The number of fused-ring (bicyclic) bond motifs is 1. The molecule has 1 saturated carbocycles. The molecule has 1 atom stereocenters. The largest absolute Gasteiger partial charge is 0.362 e. The molecule has 36 heavy (non-hydrogen) atoms. The number of morpholine rings is 1. The van der Waals surface area contributed by atoms with Crippen molar-refractivity contribution in [3.05, 3.63) is 60.5 Å². The summed E-state index contributed by atoms with van der Waals surface area (Å²) in [5.74, 6) is -0.593. The van der Waals surface area contributed by atoms with Crippen molar-refractivity contribution in [2.75, 3.05) is 26.2 Å². The average molecular weight is 510 g/mol. The predicted octanol–water partition coefficient (Wildman–Crippen LogP) is 3.63. The van der Waals surface area contributed by atoms with Gasteiger partial charge in [-0.1, -0.05) is 24.3 Å². The minimum Gasteiger partial charge on any atom is -0.362 e. The Morgan fingerprint density at radius 1 is 1.08 bits per heavy atom. The highest BCUT2D eigenvalue weighted by Crippen LogP contribution is 2.38. The van der Waals surface area contributed by atoms with E-state index in [1.54, 1.807) is 12.3 Å². The molecule has 2 aliphatic heterocycles. The van der Waals surface area contributed by atoms with E-state index in [9.17, 15) is 13.2 Å². The zero-order valence-corrected chi connectivity index (χ0v) is 20.7. The topological polar surface area (TPSA) is 79.8 Å². The molecule has 1 aliphatic carbocycles. The third-order valence-electron chi connectivity index (χ3n) is 7.65. The summed E-state index contributed by atoms with van der Waals surface area (Å²) in [5, 5.41) is 0.949. The van der Waals surface area contributed by atoms with E-state index in [1.165, 1.54) is 16.4 Å². The van der Waals surface area contributed by atoms with Crippen molar-refractivity contribution in [2.45, 2.75) is 48.3 Å². The van der Waals surface area contributed by atoms with Gasteiger partial charge in [0.1, 0.15) is 18.2 Å². The second-order valence-electron chi connectivity index (χ2n) is 10.1. The average Bonchev–Trinajstić information content (AvgIpc) is 3.74. The van der Waals surface area contributed by atoms with Crippen molar-refractivity contribution >= 4 is 27.2 Å². The Morgan fingerprint density at radius 3 is 2.61 bits per heavy atom. The van der Waals surface area contributed by atoms with Gasteiger partial charge in [-0.2, -0.15) is 4.31 Å². The number of pyridine rings is 1. The first kappa shape index (κ1) is 23.7. The van der Waals surface area contributed by atoms with E-state index in [2.05, 4.69) is 9.88 Å². The molecule has 0 amide bonds. The van der Waals surface area contributed by atoms with Crippen LogP contribution in [-0.4, -0.2) is 72.8 Å². The lowest BCUT2D eigenvalue weighted by Gasteiger charge is -2.49. The maximum atomic E-state index is 15.2. The van der Waals surface area contributed by atoms with Crippen molar-refractivity contribution in [2.24, 2.45) is 0 Å². The monoisotopic (exact) mass is 509 g/mol. The summed E-state index contributed by atoms with van der Waals surface area (Å²) in [4.78, 5) is 18.1. The maximum Gasteiger partial charge on any atom is 0.243 e. The van der Waals surface area contributed by atoms with E-state index in [4.69, 9.17) is 4.74 Å². The van der Waals surface area contributed by atoms with Crippen LogP contribution in [0.25, 0.3) is 22.0 Å². The van der Waals surface area contributed by atoms with Crippen LogP contribution in [0.5, 0.6) is 0 Å². The summed E-state index contributed by atoms with van der Waals surface area (Å²) in [5.41, 5.74) is 1.20. The van der Waals surface area contributed by atoms with Crippen LogP contribution in [0, 0.1) is 5.82 Å². The Balaban J connectivity index is 1.20. The van der Waals surface area contributed by atoms with Gasteiger partial charge in [-0.3, -0.25) is 9.88 Å². The lowest BCUT2D eigenvalue weighted by atomic mass is 9.89. The number of nitrogens with zero attached hydrogens (tertiary/aromatic N) is 3. The Labute approximate surface area is 209 Å². The van der Waals surface area contributed by atoms with Crippen LogP contribution in [-0.2, 0) is 19.6 Å². The Bertz CT molecular complexity index is 1420. The second-order valence-corrected chi connectivity index (χ2v) is 12.0. The molecule has 0 bridgehead atoms. The summed E-state index contributed by atoms with van der Waals surface area (Å²) in [7, 11) is -3.87. The molecule has 3 heterocycles. The molecular weight excluding hydrogens is 481 g/mol. The van der Waals surface area contributed by atoms with Crippen molar-refractivity contribution in [1.82, 2.24) is 14.2 Å². The van der Waals surface area contributed by atoms with Gasteiger partial charge in [0.05, 0.1) is 16.0 Å². The number of ether oxygens (including phenoxy) is 1. The quantitative estimate of drug-likeness (QED) is 0.489. The molecule has 188 valence electrons. The van der Waals surface area contributed by atoms with E-state index in [-0.39, 0.29) is 18.0 Å². The molecule has 0 N–H and O–H groups in total. The number of halogens is 1. The van der Waals surface area contributed by atoms with Gasteiger partial charge in [-0.15, -0.1) is 0 Å². The molecule has 2 saturated heterocycles. The number of sulfonamides is 1. The highest BCUT2D eigenvalue weighted by Gasteiger charge is 2.47. The Morgan fingerprint density at radius 2 is 1.89 bits per heavy atom. The number of hydrogen-bond donors (Lipinski definition) is 0. The predicted molar refractivity (Wildman–Crippen MR) is 133 cm³/mol. The zero-order valence-electron chi connectivity index (χ0n) is 19.8. The fourth-order valence-corrected chi connectivity index (χ4v) is 6.99. The van der Waals surface area contributed by atoms with Crippen molar-refractivity contribution in [3.8, 4) is 11.1 Å². The Hall–Kier alpha value is -2.72. The lowest BCUT2D eigenvalue weighted by Crippen LogP contribution is -2.60. The van der Waals surface area contributed by atoms with Crippen molar-refractivity contribution < 1.29 is 22.3 Å². The molecule has 1 unspecified atom stereocenters. The van der Waals surface area contributed by atoms with Gasteiger partial charge in [-0.05, 0) is 55.5 Å². The fourth-order valence-electron chi connectivity index (χ4n) is 5.53. The third kappa shape index (κ3) is 4.34. The highest BCUT2D eigenvalue weighted by molar-refractivity contribution is 7.89. The summed E-state index contributed by atoms with van der Waals surface area (Å²) in [6.07, 6.45) is 5.35. The van der Waals surface area contributed by atoms with Crippen molar-refractivity contribution in [1.29, 1.82) is 0 Å². The summed E-state index contributed by atoms with van der Waals surface area (Å²) in [6, 6.07) is 13.9. The van der Waals surface area contributed by atoms with Gasteiger partial charge < -0.3 is 9.53 Å². The molecule has 3 fully saturated rings. The van der Waals surface area contributed by atoms with Gasteiger partial charge in [0.2, 0.25) is 10.0 Å². The van der Waals surface area contributed by atoms with E-state index in [0.29, 0.717) is 36.6 Å². The smallest absolute Gasteiger partial charge is 0.243 e. The van der Waals surface area contributed by atoms with Crippen LogP contribution in [0.2, 0.25) is 0 Å². The second kappa shape index (κ2) is 8.99. The summed E-state index contributed by atoms with van der Waals surface area (Å²) in [6.45, 7) is 1.87. The molecule has 0 radical (unpaired) electrons. The number of piperidine rings is 1. The van der Waals surface area contributed by atoms with Crippen molar-refractivity contribution in [3.63, 3.8) is 0 Å². The molecule has 1 spiro atoms. The summed E-state index contributed by atoms with van der Waals surface area (Å²) >= 11 is 0. The third-order valence-corrected chi connectivity index (χ3v) is 9.55. The number of hydrogen-bond acceptors (Lipinski definition) is 6. The first-order valence-corrected chi connectivity index (χ1v) is 13.8. The molecule has 9 heteroatoms. The van der Waals surface area contributed by atoms with Crippen LogP contribution in [0.1, 0.15) is 25.7 Å². The molecule has 3 aromatic rings. The first-order chi connectivity index (χ1) is 17.4. The van der Waals surface area contributed by atoms with Gasteiger partial charge >= 0.3 is 0 Å². The molecule has 2 aromatic carbocycles. The summed E-state index contributed by atoms with van der Waals surface area (Å²) < 4.78 is 49.5. The molecule has 6 rings (SSSR count). The number of aromatic nitrogens is 1. The number of rotatable bonds is 5. The Kier molecular flexibility index (Phi) is 5.91. The van der Waals surface area contributed by atoms with Gasteiger partial charge in [0, 0.05) is 49.4 Å².